The molecule has 0 saturated carbocycles. The number of carbonyl (C=O) groups excluding carboxylic acids is 3. The van der Waals surface area contributed by atoms with Crippen LogP contribution in [0.2, 0.25) is 0 Å². The average Bonchev–Trinajstić information content (AvgIpc) is 2.87. The Kier molecular flexibility index (Phi) is 7.81. The number of anilines is 1. The summed E-state index contributed by atoms with van der Waals surface area (Å²) in [5.41, 5.74) is 2.99. The van der Waals surface area contributed by atoms with Crippen LogP contribution in [0.5, 0.6) is 5.75 Å². The van der Waals surface area contributed by atoms with E-state index in [2.05, 4.69) is 12.2 Å². The third kappa shape index (κ3) is 5.98. The fraction of sp³-hybridized carbons (Fsp3) is 0.192. The van der Waals surface area contributed by atoms with Crippen LogP contribution in [0.15, 0.2) is 66.7 Å². The van der Waals surface area contributed by atoms with Crippen molar-refractivity contribution in [3.63, 3.8) is 0 Å². The lowest BCUT2D eigenvalue weighted by Gasteiger charge is -2.12. The highest BCUT2D eigenvalue weighted by Gasteiger charge is 2.18. The summed E-state index contributed by atoms with van der Waals surface area (Å²) in [4.78, 5) is 36.7. The second-order valence-corrected chi connectivity index (χ2v) is 7.18. The molecule has 0 unspecified atom stereocenters. The van der Waals surface area contributed by atoms with Gasteiger partial charge in [0.2, 0.25) is 0 Å². The maximum Gasteiger partial charge on any atom is 0.339 e. The van der Waals surface area contributed by atoms with Crippen molar-refractivity contribution in [2.24, 2.45) is 0 Å². The lowest BCUT2D eigenvalue weighted by Crippen LogP contribution is -2.16. The van der Waals surface area contributed by atoms with Gasteiger partial charge in [-0.25, -0.2) is 9.59 Å². The number of amides is 1. The topological polar surface area (TPSA) is 90.9 Å². The van der Waals surface area contributed by atoms with Gasteiger partial charge in [-0.15, -0.1) is 0 Å². The van der Waals surface area contributed by atoms with Crippen molar-refractivity contribution >= 4 is 23.5 Å². The van der Waals surface area contributed by atoms with Crippen LogP contribution in [-0.4, -0.2) is 32.1 Å². The number of rotatable bonds is 8. The predicted molar refractivity (Wildman–Crippen MR) is 124 cm³/mol. The summed E-state index contributed by atoms with van der Waals surface area (Å²) in [5, 5.41) is 2.67. The number of carbonyl (C=O) groups is 3. The van der Waals surface area contributed by atoms with Gasteiger partial charge in [0, 0.05) is 5.56 Å². The van der Waals surface area contributed by atoms with Crippen LogP contribution in [0.25, 0.3) is 0 Å². The molecule has 0 heterocycles. The number of nitrogens with one attached hydrogen (secondary N) is 1. The normalized spacial score (nSPS) is 10.3. The Balaban J connectivity index is 1.70. The molecular weight excluding hydrogens is 422 g/mol. The summed E-state index contributed by atoms with van der Waals surface area (Å²) in [5.74, 6) is -0.892. The van der Waals surface area contributed by atoms with E-state index in [0.29, 0.717) is 12.2 Å². The number of aryl methyl sites for hydroxylation is 1. The van der Waals surface area contributed by atoms with Crippen LogP contribution in [0, 0.1) is 0 Å². The number of methoxy groups -OCH3 is 2. The zero-order valence-corrected chi connectivity index (χ0v) is 18.7. The van der Waals surface area contributed by atoms with Crippen LogP contribution >= 0.6 is 0 Å². The Hall–Kier alpha value is -4.13. The van der Waals surface area contributed by atoms with E-state index in [1.54, 1.807) is 24.3 Å². The first-order valence-electron chi connectivity index (χ1n) is 10.4. The van der Waals surface area contributed by atoms with E-state index in [9.17, 15) is 14.4 Å². The quantitative estimate of drug-likeness (QED) is 0.506. The van der Waals surface area contributed by atoms with Crippen molar-refractivity contribution in [2.45, 2.75) is 20.0 Å². The van der Waals surface area contributed by atoms with Gasteiger partial charge >= 0.3 is 11.9 Å². The van der Waals surface area contributed by atoms with Crippen LogP contribution in [0.3, 0.4) is 0 Å². The van der Waals surface area contributed by atoms with E-state index < -0.39 is 17.8 Å². The Morgan fingerprint density at radius 3 is 1.97 bits per heavy atom. The maximum absolute atomic E-state index is 12.8. The SMILES string of the molecule is CCc1ccc(OCc2ccc(C(=O)Nc3cc(C(=O)OC)ccc3C(=O)OC)cc2)cc1. The minimum absolute atomic E-state index is 0.123. The highest BCUT2D eigenvalue weighted by atomic mass is 16.5. The Morgan fingerprint density at radius 2 is 1.36 bits per heavy atom. The first-order valence-corrected chi connectivity index (χ1v) is 10.4. The Bertz CT molecular complexity index is 1140. The van der Waals surface area contributed by atoms with Gasteiger partial charge in [-0.05, 0) is 60.0 Å². The minimum Gasteiger partial charge on any atom is -0.489 e. The highest BCUT2D eigenvalue weighted by Crippen LogP contribution is 2.21. The molecule has 1 N–H and O–H groups in total. The highest BCUT2D eigenvalue weighted by molar-refractivity contribution is 6.09. The summed E-state index contributed by atoms with van der Waals surface area (Å²) in [7, 11) is 2.49. The zero-order valence-electron chi connectivity index (χ0n) is 18.7. The number of benzene rings is 3. The van der Waals surface area contributed by atoms with Gasteiger partial charge in [-0.2, -0.15) is 0 Å². The summed E-state index contributed by atoms with van der Waals surface area (Å²) in [6.07, 6.45) is 0.970. The van der Waals surface area contributed by atoms with E-state index in [0.717, 1.165) is 17.7 Å². The number of esters is 2. The van der Waals surface area contributed by atoms with Crippen molar-refractivity contribution in [2.75, 3.05) is 19.5 Å². The summed E-state index contributed by atoms with van der Waals surface area (Å²) in [6, 6.07) is 19.0. The van der Waals surface area contributed by atoms with E-state index >= 15 is 0 Å². The molecule has 3 aromatic carbocycles. The van der Waals surface area contributed by atoms with Crippen molar-refractivity contribution in [3.05, 3.63) is 94.5 Å². The van der Waals surface area contributed by atoms with Crippen molar-refractivity contribution < 1.29 is 28.6 Å². The summed E-state index contributed by atoms with van der Waals surface area (Å²) < 4.78 is 15.3. The molecule has 1 amide bonds. The standard InChI is InChI=1S/C26H25NO6/c1-4-17-7-12-21(13-8-17)33-16-18-5-9-19(10-6-18)24(28)27-23-15-20(25(29)31-2)11-14-22(23)26(30)32-3/h5-15H,4,16H2,1-3H3,(H,27,28). The zero-order chi connectivity index (χ0) is 23.8. The van der Waals surface area contributed by atoms with Gasteiger partial charge in [-0.3, -0.25) is 4.79 Å². The number of hydrogen-bond donors (Lipinski definition) is 1. The Labute approximate surface area is 192 Å². The molecule has 0 spiro atoms. The molecule has 0 radical (unpaired) electrons. The van der Waals surface area contributed by atoms with Crippen molar-refractivity contribution in [1.29, 1.82) is 0 Å². The van der Waals surface area contributed by atoms with Crippen molar-refractivity contribution in [1.82, 2.24) is 0 Å². The second-order valence-electron chi connectivity index (χ2n) is 7.18. The minimum atomic E-state index is -0.638. The smallest absolute Gasteiger partial charge is 0.339 e. The predicted octanol–water partition coefficient (Wildman–Crippen LogP) is 4.65. The van der Waals surface area contributed by atoms with Crippen LogP contribution < -0.4 is 10.1 Å². The molecule has 0 saturated heterocycles. The van der Waals surface area contributed by atoms with Gasteiger partial charge in [0.15, 0.2) is 0 Å². The molecule has 170 valence electrons. The molecule has 33 heavy (non-hydrogen) atoms. The molecule has 0 aliphatic carbocycles. The van der Waals surface area contributed by atoms with Crippen LogP contribution in [0.4, 0.5) is 5.69 Å². The molecule has 0 atom stereocenters. The molecule has 0 aliphatic rings. The molecular formula is C26H25NO6. The Morgan fingerprint density at radius 1 is 0.758 bits per heavy atom. The largest absolute Gasteiger partial charge is 0.489 e. The van der Waals surface area contributed by atoms with Gasteiger partial charge in [0.25, 0.3) is 5.91 Å². The van der Waals surface area contributed by atoms with E-state index in [1.165, 1.54) is 38.0 Å². The second kappa shape index (κ2) is 10.9. The van der Waals surface area contributed by atoms with Gasteiger partial charge < -0.3 is 19.5 Å². The van der Waals surface area contributed by atoms with Gasteiger partial charge in [-0.1, -0.05) is 31.2 Å². The molecule has 7 nitrogen and oxygen atoms in total. The van der Waals surface area contributed by atoms with E-state index in [4.69, 9.17) is 14.2 Å². The summed E-state index contributed by atoms with van der Waals surface area (Å²) >= 11 is 0. The number of hydrogen-bond acceptors (Lipinski definition) is 6. The van der Waals surface area contributed by atoms with Gasteiger partial charge in [0.1, 0.15) is 12.4 Å². The monoisotopic (exact) mass is 447 g/mol. The first kappa shape index (κ1) is 23.5. The first-order chi connectivity index (χ1) is 15.9. The van der Waals surface area contributed by atoms with E-state index in [-0.39, 0.29) is 16.8 Å². The lowest BCUT2D eigenvalue weighted by atomic mass is 10.1. The fourth-order valence-corrected chi connectivity index (χ4v) is 3.12. The molecule has 0 bridgehead atoms. The molecule has 0 fully saturated rings. The molecule has 3 aromatic rings. The van der Waals surface area contributed by atoms with Gasteiger partial charge in [0.05, 0.1) is 31.0 Å². The lowest BCUT2D eigenvalue weighted by molar-refractivity contribution is 0.0587. The van der Waals surface area contributed by atoms with Crippen molar-refractivity contribution in [3.8, 4) is 5.75 Å². The molecule has 0 aliphatic heterocycles. The number of ether oxygens (including phenoxy) is 3. The molecule has 3 rings (SSSR count). The fourth-order valence-electron chi connectivity index (χ4n) is 3.12. The van der Waals surface area contributed by atoms with Crippen LogP contribution in [-0.2, 0) is 22.5 Å². The van der Waals surface area contributed by atoms with Crippen LogP contribution in [0.1, 0.15) is 49.1 Å². The molecule has 7 heteroatoms. The third-order valence-electron chi connectivity index (χ3n) is 5.05. The summed E-state index contributed by atoms with van der Waals surface area (Å²) in [6.45, 7) is 2.46. The third-order valence-corrected chi connectivity index (χ3v) is 5.05. The average molecular weight is 447 g/mol. The molecule has 0 aromatic heterocycles. The maximum atomic E-state index is 12.8. The van der Waals surface area contributed by atoms with E-state index in [1.807, 2.05) is 24.3 Å².